The highest BCUT2D eigenvalue weighted by atomic mass is 14.9. The van der Waals surface area contributed by atoms with Crippen molar-refractivity contribution in [2.45, 2.75) is 19.9 Å². The zero-order chi connectivity index (χ0) is 8.97. The number of nitrogens with zero attached hydrogens (tertiary/aromatic N) is 2. The Morgan fingerprint density at radius 3 is 2.58 bits per heavy atom. The normalized spacial score (nSPS) is 13.3. The third-order valence-electron chi connectivity index (χ3n) is 1.90. The van der Waals surface area contributed by atoms with E-state index in [1.54, 1.807) is 12.5 Å². The van der Waals surface area contributed by atoms with E-state index >= 15 is 0 Å². The summed E-state index contributed by atoms with van der Waals surface area (Å²) in [5.41, 5.74) is 1.06. The SMILES string of the molecule is CNC(c1ccncn1)C(C)C. The lowest BCUT2D eigenvalue weighted by atomic mass is 10.0. The Morgan fingerprint density at radius 2 is 2.17 bits per heavy atom. The molecule has 1 rings (SSSR count). The van der Waals surface area contributed by atoms with Crippen LogP contribution in [-0.2, 0) is 0 Å². The Hall–Kier alpha value is -0.960. The van der Waals surface area contributed by atoms with Crippen LogP contribution >= 0.6 is 0 Å². The van der Waals surface area contributed by atoms with E-state index in [0.29, 0.717) is 12.0 Å². The number of aromatic nitrogens is 2. The first kappa shape index (κ1) is 9.13. The molecule has 1 atom stereocenters. The number of nitrogens with one attached hydrogen (secondary N) is 1. The predicted octanol–water partition coefficient (Wildman–Crippen LogP) is 1.39. The number of hydrogen-bond acceptors (Lipinski definition) is 3. The third-order valence-corrected chi connectivity index (χ3v) is 1.90. The van der Waals surface area contributed by atoms with Crippen LogP contribution in [0.3, 0.4) is 0 Å². The van der Waals surface area contributed by atoms with Gasteiger partial charge in [0.15, 0.2) is 0 Å². The van der Waals surface area contributed by atoms with Crippen molar-refractivity contribution >= 4 is 0 Å². The van der Waals surface area contributed by atoms with Gasteiger partial charge >= 0.3 is 0 Å². The van der Waals surface area contributed by atoms with Gasteiger partial charge in [0.1, 0.15) is 6.33 Å². The van der Waals surface area contributed by atoms with Crippen molar-refractivity contribution < 1.29 is 0 Å². The lowest BCUT2D eigenvalue weighted by Gasteiger charge is -2.18. The Morgan fingerprint density at radius 1 is 1.42 bits per heavy atom. The van der Waals surface area contributed by atoms with Gasteiger partial charge in [-0.25, -0.2) is 9.97 Å². The standard InChI is InChI=1S/C9H15N3/c1-7(2)9(10-3)8-4-5-11-6-12-8/h4-7,9-10H,1-3H3. The van der Waals surface area contributed by atoms with E-state index < -0.39 is 0 Å². The van der Waals surface area contributed by atoms with Crippen LogP contribution in [0, 0.1) is 5.92 Å². The molecule has 1 unspecified atom stereocenters. The van der Waals surface area contributed by atoms with Crippen LogP contribution in [0.2, 0.25) is 0 Å². The van der Waals surface area contributed by atoms with Gasteiger partial charge in [-0.3, -0.25) is 0 Å². The first-order chi connectivity index (χ1) is 5.75. The average Bonchev–Trinajstić information content (AvgIpc) is 2.07. The fraction of sp³-hybridized carbons (Fsp3) is 0.556. The monoisotopic (exact) mass is 165 g/mol. The third kappa shape index (κ3) is 2.01. The van der Waals surface area contributed by atoms with Gasteiger partial charge in [0.05, 0.1) is 11.7 Å². The van der Waals surface area contributed by atoms with Crippen LogP contribution in [0.5, 0.6) is 0 Å². The molecule has 0 spiro atoms. The van der Waals surface area contributed by atoms with Crippen LogP contribution in [0.1, 0.15) is 25.6 Å². The largest absolute Gasteiger partial charge is 0.311 e. The zero-order valence-corrected chi connectivity index (χ0v) is 7.78. The van der Waals surface area contributed by atoms with E-state index in [1.165, 1.54) is 0 Å². The van der Waals surface area contributed by atoms with Gasteiger partial charge in [0, 0.05) is 6.20 Å². The van der Waals surface area contributed by atoms with Gasteiger partial charge in [0.2, 0.25) is 0 Å². The summed E-state index contributed by atoms with van der Waals surface area (Å²) in [7, 11) is 1.95. The van der Waals surface area contributed by atoms with Gasteiger partial charge in [-0.05, 0) is 19.0 Å². The maximum absolute atomic E-state index is 4.20. The molecule has 3 nitrogen and oxygen atoms in total. The van der Waals surface area contributed by atoms with Crippen LogP contribution < -0.4 is 5.32 Å². The van der Waals surface area contributed by atoms with E-state index in [4.69, 9.17) is 0 Å². The van der Waals surface area contributed by atoms with E-state index in [0.717, 1.165) is 5.69 Å². The van der Waals surface area contributed by atoms with E-state index in [-0.39, 0.29) is 0 Å². The Labute approximate surface area is 73.2 Å². The summed E-state index contributed by atoms with van der Waals surface area (Å²) in [6, 6.07) is 2.27. The first-order valence-electron chi connectivity index (χ1n) is 4.19. The Balaban J connectivity index is 2.80. The minimum atomic E-state index is 0.327. The summed E-state index contributed by atoms with van der Waals surface area (Å²) < 4.78 is 0. The van der Waals surface area contributed by atoms with Gasteiger partial charge in [-0.1, -0.05) is 13.8 Å². The molecule has 0 saturated carbocycles. The number of hydrogen-bond donors (Lipinski definition) is 1. The summed E-state index contributed by atoms with van der Waals surface area (Å²) in [6.45, 7) is 4.34. The minimum absolute atomic E-state index is 0.327. The van der Waals surface area contributed by atoms with Crippen LogP contribution in [0.15, 0.2) is 18.6 Å². The molecule has 0 aliphatic carbocycles. The minimum Gasteiger partial charge on any atom is -0.311 e. The molecule has 0 bridgehead atoms. The summed E-state index contributed by atoms with van der Waals surface area (Å²) in [5, 5.41) is 3.23. The van der Waals surface area contributed by atoms with Crippen molar-refractivity contribution in [1.29, 1.82) is 0 Å². The van der Waals surface area contributed by atoms with Crippen molar-refractivity contribution in [3.63, 3.8) is 0 Å². The first-order valence-corrected chi connectivity index (χ1v) is 4.19. The highest BCUT2D eigenvalue weighted by molar-refractivity contribution is 5.05. The Bertz CT molecular complexity index is 220. The summed E-state index contributed by atoms with van der Waals surface area (Å²) in [6.07, 6.45) is 3.36. The fourth-order valence-corrected chi connectivity index (χ4v) is 1.31. The molecule has 1 aromatic heterocycles. The molecule has 0 aliphatic heterocycles. The molecular weight excluding hydrogens is 150 g/mol. The van der Waals surface area contributed by atoms with Crippen molar-refractivity contribution in [3.05, 3.63) is 24.3 Å². The quantitative estimate of drug-likeness (QED) is 0.735. The lowest BCUT2D eigenvalue weighted by Crippen LogP contribution is -2.22. The van der Waals surface area contributed by atoms with E-state index in [1.807, 2.05) is 13.1 Å². The van der Waals surface area contributed by atoms with Crippen LogP contribution in [0.25, 0.3) is 0 Å². The smallest absolute Gasteiger partial charge is 0.115 e. The maximum atomic E-state index is 4.20. The fourth-order valence-electron chi connectivity index (χ4n) is 1.31. The number of rotatable bonds is 3. The van der Waals surface area contributed by atoms with Crippen molar-refractivity contribution in [2.75, 3.05) is 7.05 Å². The second-order valence-electron chi connectivity index (χ2n) is 3.14. The van der Waals surface area contributed by atoms with Crippen molar-refractivity contribution in [3.8, 4) is 0 Å². The van der Waals surface area contributed by atoms with Gasteiger partial charge in [-0.2, -0.15) is 0 Å². The Kier molecular flexibility index (Phi) is 3.17. The second-order valence-corrected chi connectivity index (χ2v) is 3.14. The summed E-state index contributed by atoms with van der Waals surface area (Å²) >= 11 is 0. The van der Waals surface area contributed by atoms with E-state index in [9.17, 15) is 0 Å². The molecule has 0 amide bonds. The summed E-state index contributed by atoms with van der Waals surface area (Å²) in [4.78, 5) is 8.08. The molecule has 0 radical (unpaired) electrons. The van der Waals surface area contributed by atoms with Crippen molar-refractivity contribution in [1.82, 2.24) is 15.3 Å². The van der Waals surface area contributed by atoms with Crippen molar-refractivity contribution in [2.24, 2.45) is 5.92 Å². The molecule has 1 aromatic rings. The predicted molar refractivity (Wildman–Crippen MR) is 48.7 cm³/mol. The highest BCUT2D eigenvalue weighted by Gasteiger charge is 2.13. The molecule has 0 saturated heterocycles. The maximum Gasteiger partial charge on any atom is 0.115 e. The molecular formula is C9H15N3. The molecule has 0 aromatic carbocycles. The van der Waals surface area contributed by atoms with Gasteiger partial charge in [-0.15, -0.1) is 0 Å². The van der Waals surface area contributed by atoms with Crippen LogP contribution in [0.4, 0.5) is 0 Å². The molecule has 1 N–H and O–H groups in total. The zero-order valence-electron chi connectivity index (χ0n) is 7.78. The molecule has 12 heavy (non-hydrogen) atoms. The van der Waals surface area contributed by atoms with Gasteiger partial charge in [0.25, 0.3) is 0 Å². The molecule has 0 fully saturated rings. The molecule has 66 valence electrons. The van der Waals surface area contributed by atoms with Gasteiger partial charge < -0.3 is 5.32 Å². The molecule has 0 aliphatic rings. The average molecular weight is 165 g/mol. The summed E-state index contributed by atoms with van der Waals surface area (Å²) in [5.74, 6) is 0.546. The lowest BCUT2D eigenvalue weighted by molar-refractivity contribution is 0.433. The second kappa shape index (κ2) is 4.16. The van der Waals surface area contributed by atoms with Crippen LogP contribution in [-0.4, -0.2) is 17.0 Å². The topological polar surface area (TPSA) is 37.8 Å². The highest BCUT2D eigenvalue weighted by Crippen LogP contribution is 2.17. The molecule has 3 heteroatoms. The van der Waals surface area contributed by atoms with E-state index in [2.05, 4.69) is 29.1 Å². The molecule has 1 heterocycles.